The van der Waals surface area contributed by atoms with E-state index < -0.39 is 29.5 Å². The highest BCUT2D eigenvalue weighted by Crippen LogP contribution is 2.27. The second-order valence-corrected chi connectivity index (χ2v) is 8.31. The fraction of sp³-hybridized carbons (Fsp3) is 0.261. The fourth-order valence-electron chi connectivity index (χ4n) is 3.00. The Kier molecular flexibility index (Phi) is 7.59. The standard InChI is InChI=1S/C23H23F2N3O4S/c1-12(2)20(27-21(29)14-7-15(31-3)10-16(8-14)32-4)22(30)28-23-26-19(11-33-23)13-5-6-17(24)18(25)9-13/h5-12,20H,1-4H3,(H,27,29)(H,26,28,30)/t20-/m0/s1. The number of carbonyl (C=O) groups excluding carboxylic acids is 2. The van der Waals surface area contributed by atoms with E-state index in [0.29, 0.717) is 22.8 Å². The number of rotatable bonds is 8. The largest absolute Gasteiger partial charge is 0.497 e. The number of amides is 2. The number of hydrogen-bond acceptors (Lipinski definition) is 6. The molecule has 0 saturated heterocycles. The smallest absolute Gasteiger partial charge is 0.252 e. The molecule has 2 N–H and O–H groups in total. The van der Waals surface area contributed by atoms with E-state index in [2.05, 4.69) is 15.6 Å². The van der Waals surface area contributed by atoms with Gasteiger partial charge in [0.05, 0.1) is 19.9 Å². The Morgan fingerprint density at radius 3 is 2.24 bits per heavy atom. The summed E-state index contributed by atoms with van der Waals surface area (Å²) in [7, 11) is 2.95. The van der Waals surface area contributed by atoms with Gasteiger partial charge in [0.2, 0.25) is 5.91 Å². The van der Waals surface area contributed by atoms with Gasteiger partial charge in [0.25, 0.3) is 5.91 Å². The zero-order chi connectivity index (χ0) is 24.1. The average Bonchev–Trinajstić information content (AvgIpc) is 3.26. The number of anilines is 1. The average molecular weight is 476 g/mol. The van der Waals surface area contributed by atoms with E-state index in [4.69, 9.17) is 9.47 Å². The third-order valence-electron chi connectivity index (χ3n) is 4.80. The summed E-state index contributed by atoms with van der Waals surface area (Å²) in [6.45, 7) is 3.59. The van der Waals surface area contributed by atoms with Gasteiger partial charge in [-0.25, -0.2) is 13.8 Å². The van der Waals surface area contributed by atoms with Gasteiger partial charge in [-0.1, -0.05) is 13.8 Å². The van der Waals surface area contributed by atoms with Crippen molar-refractivity contribution in [2.45, 2.75) is 19.9 Å². The van der Waals surface area contributed by atoms with E-state index in [9.17, 15) is 18.4 Å². The van der Waals surface area contributed by atoms with Gasteiger partial charge in [0, 0.05) is 22.6 Å². The highest BCUT2D eigenvalue weighted by atomic mass is 32.1. The van der Waals surface area contributed by atoms with Gasteiger partial charge in [0.15, 0.2) is 16.8 Å². The Morgan fingerprint density at radius 2 is 1.67 bits per heavy atom. The van der Waals surface area contributed by atoms with Crippen LogP contribution in [0.4, 0.5) is 13.9 Å². The maximum atomic E-state index is 13.5. The van der Waals surface area contributed by atoms with Crippen molar-refractivity contribution in [1.29, 1.82) is 0 Å². The summed E-state index contributed by atoms with van der Waals surface area (Å²) in [5, 5.41) is 7.29. The summed E-state index contributed by atoms with van der Waals surface area (Å²) in [4.78, 5) is 30.0. The highest BCUT2D eigenvalue weighted by molar-refractivity contribution is 7.14. The molecule has 0 unspecified atom stereocenters. The summed E-state index contributed by atoms with van der Waals surface area (Å²) in [5.41, 5.74) is 1.05. The summed E-state index contributed by atoms with van der Waals surface area (Å²) < 4.78 is 37.1. The molecule has 33 heavy (non-hydrogen) atoms. The Morgan fingerprint density at radius 1 is 1.00 bits per heavy atom. The molecule has 2 amide bonds. The van der Waals surface area contributed by atoms with Gasteiger partial charge in [-0.05, 0) is 36.2 Å². The van der Waals surface area contributed by atoms with Crippen molar-refractivity contribution in [3.63, 3.8) is 0 Å². The van der Waals surface area contributed by atoms with Crippen molar-refractivity contribution >= 4 is 28.3 Å². The van der Waals surface area contributed by atoms with Crippen LogP contribution in [0, 0.1) is 17.6 Å². The molecule has 0 aliphatic rings. The highest BCUT2D eigenvalue weighted by Gasteiger charge is 2.26. The number of nitrogens with zero attached hydrogens (tertiary/aromatic N) is 1. The van der Waals surface area contributed by atoms with Crippen LogP contribution in [0.15, 0.2) is 41.8 Å². The second-order valence-electron chi connectivity index (χ2n) is 7.45. The Balaban J connectivity index is 1.74. The molecule has 2 aromatic carbocycles. The molecule has 1 aromatic heterocycles. The molecule has 1 atom stereocenters. The molecule has 7 nitrogen and oxygen atoms in total. The lowest BCUT2D eigenvalue weighted by molar-refractivity contribution is -0.118. The number of aromatic nitrogens is 1. The fourth-order valence-corrected chi connectivity index (χ4v) is 3.72. The molecule has 0 saturated carbocycles. The Hall–Kier alpha value is -3.53. The van der Waals surface area contributed by atoms with Crippen molar-refractivity contribution in [3.8, 4) is 22.8 Å². The first-order valence-corrected chi connectivity index (χ1v) is 10.9. The van der Waals surface area contributed by atoms with Gasteiger partial charge >= 0.3 is 0 Å². The van der Waals surface area contributed by atoms with Crippen molar-refractivity contribution in [1.82, 2.24) is 10.3 Å². The molecule has 3 aromatic rings. The first-order valence-electron chi connectivity index (χ1n) is 9.97. The molecule has 0 aliphatic carbocycles. The predicted octanol–water partition coefficient (Wildman–Crippen LogP) is 4.50. The first kappa shape index (κ1) is 24.1. The molecule has 0 spiro atoms. The van der Waals surface area contributed by atoms with E-state index in [-0.39, 0.29) is 16.6 Å². The number of nitrogens with one attached hydrogen (secondary N) is 2. The number of thiazole rings is 1. The predicted molar refractivity (Wildman–Crippen MR) is 122 cm³/mol. The van der Waals surface area contributed by atoms with Gasteiger partial charge < -0.3 is 20.1 Å². The molecule has 0 aliphatic heterocycles. The molecule has 0 fully saturated rings. The number of halogens is 2. The number of ether oxygens (including phenoxy) is 2. The van der Waals surface area contributed by atoms with Crippen LogP contribution < -0.4 is 20.1 Å². The maximum absolute atomic E-state index is 13.5. The quantitative estimate of drug-likeness (QED) is 0.501. The molecule has 0 bridgehead atoms. The summed E-state index contributed by atoms with van der Waals surface area (Å²) in [6, 6.07) is 7.32. The van der Waals surface area contributed by atoms with Crippen molar-refractivity contribution in [3.05, 3.63) is 59.0 Å². The normalized spacial score (nSPS) is 11.7. The van der Waals surface area contributed by atoms with E-state index in [1.807, 2.05) is 0 Å². The zero-order valence-electron chi connectivity index (χ0n) is 18.4. The third-order valence-corrected chi connectivity index (χ3v) is 5.56. The van der Waals surface area contributed by atoms with E-state index in [1.54, 1.807) is 37.4 Å². The summed E-state index contributed by atoms with van der Waals surface area (Å²) in [6.07, 6.45) is 0. The minimum absolute atomic E-state index is 0.230. The summed E-state index contributed by atoms with van der Waals surface area (Å²) in [5.74, 6) is -2.21. The van der Waals surface area contributed by atoms with Crippen LogP contribution in [0.3, 0.4) is 0 Å². The van der Waals surface area contributed by atoms with Crippen LogP contribution >= 0.6 is 11.3 Å². The summed E-state index contributed by atoms with van der Waals surface area (Å²) >= 11 is 1.13. The number of methoxy groups -OCH3 is 2. The van der Waals surface area contributed by atoms with E-state index >= 15 is 0 Å². The molecular formula is C23H23F2N3O4S. The van der Waals surface area contributed by atoms with Gasteiger partial charge in [-0.2, -0.15) is 0 Å². The monoisotopic (exact) mass is 475 g/mol. The van der Waals surface area contributed by atoms with Crippen LogP contribution in [0.1, 0.15) is 24.2 Å². The van der Waals surface area contributed by atoms with Gasteiger partial charge in [-0.3, -0.25) is 9.59 Å². The van der Waals surface area contributed by atoms with Crippen molar-refractivity contribution < 1.29 is 27.8 Å². The Bertz CT molecular complexity index is 1140. The van der Waals surface area contributed by atoms with Crippen LogP contribution in [0.5, 0.6) is 11.5 Å². The van der Waals surface area contributed by atoms with E-state index in [1.165, 1.54) is 20.3 Å². The zero-order valence-corrected chi connectivity index (χ0v) is 19.3. The van der Waals surface area contributed by atoms with Gasteiger partial charge in [0.1, 0.15) is 17.5 Å². The number of hydrogen-bond donors (Lipinski definition) is 2. The van der Waals surface area contributed by atoms with Crippen LogP contribution in [0.25, 0.3) is 11.3 Å². The maximum Gasteiger partial charge on any atom is 0.252 e. The third kappa shape index (κ3) is 5.83. The van der Waals surface area contributed by atoms with Crippen molar-refractivity contribution in [2.75, 3.05) is 19.5 Å². The minimum Gasteiger partial charge on any atom is -0.497 e. The van der Waals surface area contributed by atoms with Crippen LogP contribution in [-0.2, 0) is 4.79 Å². The minimum atomic E-state index is -0.983. The molecule has 0 radical (unpaired) electrons. The molecule has 3 rings (SSSR count). The molecular weight excluding hydrogens is 452 g/mol. The first-order chi connectivity index (χ1) is 15.7. The SMILES string of the molecule is COc1cc(OC)cc(C(=O)N[C@H](C(=O)Nc2nc(-c3ccc(F)c(F)c3)cs2)C(C)C)c1. The second kappa shape index (κ2) is 10.4. The molecule has 1 heterocycles. The van der Waals surface area contributed by atoms with Gasteiger partial charge in [-0.15, -0.1) is 11.3 Å². The molecule has 10 heteroatoms. The van der Waals surface area contributed by atoms with Crippen LogP contribution in [0.2, 0.25) is 0 Å². The lowest BCUT2D eigenvalue weighted by Gasteiger charge is -2.21. The molecule has 174 valence electrons. The lowest BCUT2D eigenvalue weighted by Crippen LogP contribution is -2.47. The Labute approximate surface area is 193 Å². The number of benzene rings is 2. The number of carbonyl (C=O) groups is 2. The van der Waals surface area contributed by atoms with Crippen LogP contribution in [-0.4, -0.2) is 37.1 Å². The van der Waals surface area contributed by atoms with E-state index in [0.717, 1.165) is 23.5 Å². The lowest BCUT2D eigenvalue weighted by atomic mass is 10.0. The topological polar surface area (TPSA) is 89.5 Å². The van der Waals surface area contributed by atoms with Crippen molar-refractivity contribution in [2.24, 2.45) is 5.92 Å².